The summed E-state index contributed by atoms with van der Waals surface area (Å²) >= 11 is 0. The average molecular weight is 600 g/mol. The van der Waals surface area contributed by atoms with Crippen LogP contribution in [0.4, 0.5) is 0 Å². The van der Waals surface area contributed by atoms with Crippen LogP contribution in [-0.4, -0.2) is 46.8 Å². The number of esters is 1. The number of pyridine rings is 1. The van der Waals surface area contributed by atoms with Gasteiger partial charge in [-0.3, -0.25) is 4.98 Å². The Kier molecular flexibility index (Phi) is 7.71. The molecule has 1 aromatic heterocycles. The molecule has 5 nitrogen and oxygen atoms in total. The minimum absolute atomic E-state index is 0.0954. The van der Waals surface area contributed by atoms with Gasteiger partial charge in [0.2, 0.25) is 0 Å². The molecule has 8 rings (SSSR count). The Labute approximate surface area is 266 Å². The summed E-state index contributed by atoms with van der Waals surface area (Å²) < 4.78 is 13.4. The number of hydrogen-bond acceptors (Lipinski definition) is 4. The summed E-state index contributed by atoms with van der Waals surface area (Å²) in [5, 5.41) is 6.24. The summed E-state index contributed by atoms with van der Waals surface area (Å²) in [4.78, 5) is 17.8. The van der Waals surface area contributed by atoms with Crippen molar-refractivity contribution in [1.82, 2.24) is 4.98 Å². The third-order valence-corrected chi connectivity index (χ3v) is 10.2. The Morgan fingerprint density at radius 1 is 0.978 bits per heavy atom. The van der Waals surface area contributed by atoms with Crippen LogP contribution >= 0.6 is 0 Å². The lowest BCUT2D eigenvalue weighted by Crippen LogP contribution is -2.67. The van der Waals surface area contributed by atoms with Gasteiger partial charge < -0.3 is 14.0 Å². The zero-order valence-corrected chi connectivity index (χ0v) is 26.6. The Bertz CT molecular complexity index is 1830. The molecule has 2 unspecified atom stereocenters. The zero-order valence-electron chi connectivity index (χ0n) is 26.6. The molecule has 5 aromatic rings. The first-order valence-corrected chi connectivity index (χ1v) is 16.3. The normalized spacial score (nSPS) is 23.8. The van der Waals surface area contributed by atoms with Crippen LogP contribution in [-0.2, 0) is 20.8 Å². The van der Waals surface area contributed by atoms with Gasteiger partial charge in [-0.1, -0.05) is 72.8 Å². The Hall–Kier alpha value is -4.06. The second-order valence-corrected chi connectivity index (χ2v) is 14.1. The average Bonchev–Trinajstić information content (AvgIpc) is 3.04. The van der Waals surface area contributed by atoms with Crippen molar-refractivity contribution in [2.24, 2.45) is 11.8 Å². The van der Waals surface area contributed by atoms with E-state index in [2.05, 4.69) is 96.5 Å². The number of fused-ring (bicyclic) bond motifs is 6. The third-order valence-electron chi connectivity index (χ3n) is 10.2. The first-order chi connectivity index (χ1) is 21.7. The minimum Gasteiger partial charge on any atom is -0.458 e. The van der Waals surface area contributed by atoms with Crippen LogP contribution in [0.3, 0.4) is 0 Å². The standard InChI is InChI=1S/C40H43N2O3/c1-5-27-24-42(25-35-31-14-8-6-12-29(31)22-30-13-7-9-15-32(30)35)21-19-28(27)23-37(42)39(44-26-38(43)45-40(2,3)4)34-18-20-41-36-17-11-10-16-33(34)36/h5-18,20,22,27-28,37,39H,1,19,21,23-26H2,2-4H3/q+1/t27-,28?,37+,39-,42?/m0/s1. The molecule has 0 saturated carbocycles. The molecule has 5 heteroatoms. The van der Waals surface area contributed by atoms with E-state index < -0.39 is 5.60 Å². The molecule has 3 saturated heterocycles. The van der Waals surface area contributed by atoms with Crippen molar-refractivity contribution < 1.29 is 18.8 Å². The number of ether oxygens (including phenoxy) is 2. The highest BCUT2D eigenvalue weighted by molar-refractivity contribution is 6.02. The van der Waals surface area contributed by atoms with Gasteiger partial charge in [0.1, 0.15) is 30.9 Å². The lowest BCUT2D eigenvalue weighted by atomic mass is 9.70. The predicted octanol–water partition coefficient (Wildman–Crippen LogP) is 8.55. The second-order valence-electron chi connectivity index (χ2n) is 14.1. The van der Waals surface area contributed by atoms with Crippen molar-refractivity contribution >= 4 is 38.4 Å². The van der Waals surface area contributed by atoms with Gasteiger partial charge in [-0.15, -0.1) is 6.58 Å². The van der Waals surface area contributed by atoms with Gasteiger partial charge in [0.15, 0.2) is 0 Å². The third kappa shape index (κ3) is 5.64. The van der Waals surface area contributed by atoms with Gasteiger partial charge in [0, 0.05) is 35.9 Å². The van der Waals surface area contributed by atoms with E-state index >= 15 is 0 Å². The van der Waals surface area contributed by atoms with E-state index in [1.54, 1.807) is 0 Å². The topological polar surface area (TPSA) is 48.4 Å². The fraction of sp³-hybridized carbons (Fsp3) is 0.350. The molecule has 230 valence electrons. The number of benzene rings is 4. The van der Waals surface area contributed by atoms with Crippen LogP contribution < -0.4 is 0 Å². The first kappa shape index (κ1) is 29.6. The quantitative estimate of drug-likeness (QED) is 0.0776. The van der Waals surface area contributed by atoms with Crippen LogP contribution in [0.15, 0.2) is 104 Å². The van der Waals surface area contributed by atoms with Gasteiger partial charge in [-0.05, 0) is 72.0 Å². The van der Waals surface area contributed by atoms with Crippen molar-refractivity contribution in [3.05, 3.63) is 115 Å². The van der Waals surface area contributed by atoms with Crippen LogP contribution in [0.5, 0.6) is 0 Å². The molecule has 45 heavy (non-hydrogen) atoms. The highest BCUT2D eigenvalue weighted by Crippen LogP contribution is 2.50. The van der Waals surface area contributed by atoms with Crippen molar-refractivity contribution in [3.8, 4) is 0 Å². The second kappa shape index (κ2) is 11.7. The van der Waals surface area contributed by atoms with E-state index in [9.17, 15) is 4.79 Å². The monoisotopic (exact) mass is 599 g/mol. The number of para-hydroxylation sites is 1. The number of carbonyl (C=O) groups excluding carboxylic acids is 1. The Morgan fingerprint density at radius 2 is 1.64 bits per heavy atom. The number of piperidine rings is 3. The van der Waals surface area contributed by atoms with Gasteiger partial charge in [-0.25, -0.2) is 4.79 Å². The highest BCUT2D eigenvalue weighted by Gasteiger charge is 2.55. The van der Waals surface area contributed by atoms with Gasteiger partial charge in [-0.2, -0.15) is 0 Å². The summed E-state index contributed by atoms with van der Waals surface area (Å²) in [7, 11) is 0. The van der Waals surface area contributed by atoms with Gasteiger partial charge in [0.05, 0.1) is 18.6 Å². The summed E-state index contributed by atoms with van der Waals surface area (Å²) in [5.41, 5.74) is 2.85. The van der Waals surface area contributed by atoms with E-state index in [1.165, 1.54) is 27.1 Å². The SMILES string of the molecule is C=C[C@H]1C[N+]2(Cc3c4ccccc4cc4ccccc34)CCC1C[C@@H]2[C@@H](OCC(=O)OC(C)(C)C)c1ccnc2ccccc12. The van der Waals surface area contributed by atoms with Crippen LogP contribution in [0.25, 0.3) is 32.4 Å². The lowest BCUT2D eigenvalue weighted by Gasteiger charge is -2.58. The van der Waals surface area contributed by atoms with Crippen LogP contribution in [0.1, 0.15) is 50.8 Å². The van der Waals surface area contributed by atoms with Crippen LogP contribution in [0.2, 0.25) is 0 Å². The molecule has 0 amide bonds. The zero-order chi connectivity index (χ0) is 31.2. The molecule has 3 fully saturated rings. The maximum Gasteiger partial charge on any atom is 0.332 e. The van der Waals surface area contributed by atoms with E-state index in [0.29, 0.717) is 11.8 Å². The number of carbonyl (C=O) groups is 1. The molecule has 5 atom stereocenters. The molecule has 2 bridgehead atoms. The lowest BCUT2D eigenvalue weighted by molar-refractivity contribution is -0.984. The maximum atomic E-state index is 13.1. The van der Waals surface area contributed by atoms with Gasteiger partial charge >= 0.3 is 5.97 Å². The number of rotatable bonds is 8. The predicted molar refractivity (Wildman–Crippen MR) is 182 cm³/mol. The van der Waals surface area contributed by atoms with Crippen LogP contribution in [0, 0.1) is 11.8 Å². The van der Waals surface area contributed by atoms with E-state index in [0.717, 1.165) is 53.4 Å². The number of quaternary nitrogens is 1. The van der Waals surface area contributed by atoms with E-state index in [4.69, 9.17) is 9.47 Å². The van der Waals surface area contributed by atoms with Crippen molar-refractivity contribution in [1.29, 1.82) is 0 Å². The minimum atomic E-state index is -0.576. The Morgan fingerprint density at radius 3 is 2.33 bits per heavy atom. The van der Waals surface area contributed by atoms with Crippen molar-refractivity contribution in [3.63, 3.8) is 0 Å². The maximum absolute atomic E-state index is 13.1. The molecule has 4 heterocycles. The fourth-order valence-electron chi connectivity index (χ4n) is 8.26. The van der Waals surface area contributed by atoms with E-state index in [-0.39, 0.29) is 24.7 Å². The molecule has 0 radical (unpaired) electrons. The molecule has 0 aliphatic carbocycles. The number of aromatic nitrogens is 1. The highest BCUT2D eigenvalue weighted by atomic mass is 16.6. The summed E-state index contributed by atoms with van der Waals surface area (Å²) in [5.74, 6) is 0.645. The van der Waals surface area contributed by atoms with Crippen molar-refractivity contribution in [2.75, 3.05) is 19.7 Å². The van der Waals surface area contributed by atoms with Crippen molar-refractivity contribution in [2.45, 2.75) is 57.9 Å². The first-order valence-electron chi connectivity index (χ1n) is 16.3. The number of hydrogen-bond donors (Lipinski definition) is 0. The molecule has 0 spiro atoms. The fourth-order valence-corrected chi connectivity index (χ4v) is 8.26. The molecule has 3 aliphatic rings. The van der Waals surface area contributed by atoms with Gasteiger partial charge in [0.25, 0.3) is 0 Å². The molecular weight excluding hydrogens is 556 g/mol. The largest absolute Gasteiger partial charge is 0.458 e. The molecule has 3 aliphatic heterocycles. The summed E-state index contributed by atoms with van der Waals surface area (Å²) in [6.45, 7) is 12.8. The summed E-state index contributed by atoms with van der Waals surface area (Å²) in [6.07, 6.45) is 5.93. The molecule has 4 aromatic carbocycles. The number of nitrogens with zero attached hydrogens (tertiary/aromatic N) is 2. The molecule has 0 N–H and O–H groups in total. The Balaban J connectivity index is 1.37. The molecular formula is C40H43N2O3+. The van der Waals surface area contributed by atoms with E-state index in [1.807, 2.05) is 33.0 Å². The summed E-state index contributed by atoms with van der Waals surface area (Å²) in [6, 6.07) is 30.4. The smallest absolute Gasteiger partial charge is 0.332 e.